The van der Waals surface area contributed by atoms with Gasteiger partial charge in [0.05, 0.1) is 18.7 Å². The normalized spacial score (nSPS) is 28.2. The van der Waals surface area contributed by atoms with Crippen molar-refractivity contribution in [3.8, 4) is 0 Å². The van der Waals surface area contributed by atoms with Gasteiger partial charge in [-0.2, -0.15) is 0 Å². The first-order valence-corrected chi connectivity index (χ1v) is 13.0. The van der Waals surface area contributed by atoms with E-state index in [0.29, 0.717) is 12.6 Å². The Hall–Kier alpha value is -1.90. The van der Waals surface area contributed by atoms with Crippen LogP contribution in [0.2, 0.25) is 0 Å². The molecule has 0 N–H and O–H groups in total. The molecule has 33 heavy (non-hydrogen) atoms. The highest BCUT2D eigenvalue weighted by atomic mass is 16.2. The number of amides is 2. The zero-order chi connectivity index (χ0) is 22.8. The van der Waals surface area contributed by atoms with Gasteiger partial charge in [0, 0.05) is 77.2 Å². The molecule has 3 saturated heterocycles. The van der Waals surface area contributed by atoms with Crippen molar-refractivity contribution in [1.29, 1.82) is 0 Å². The minimum Gasteiger partial charge on any atom is -0.339 e. The molecule has 0 radical (unpaired) electrons. The van der Waals surface area contributed by atoms with E-state index in [1.54, 1.807) is 0 Å². The molecule has 8 nitrogen and oxygen atoms in total. The van der Waals surface area contributed by atoms with Gasteiger partial charge in [-0.25, -0.2) is 5.01 Å². The quantitative estimate of drug-likeness (QED) is 0.615. The van der Waals surface area contributed by atoms with Crippen LogP contribution in [0.1, 0.15) is 39.0 Å². The maximum absolute atomic E-state index is 12.9. The van der Waals surface area contributed by atoms with E-state index in [4.69, 9.17) is 0 Å². The number of nitrogens with zero attached hydrogens (tertiary/aromatic N) is 6. The monoisotopic (exact) mass is 456 g/mol. The highest BCUT2D eigenvalue weighted by Crippen LogP contribution is 2.25. The number of carbonyl (C=O) groups is 2. The maximum atomic E-state index is 12.9. The fourth-order valence-corrected chi connectivity index (χ4v) is 5.80. The van der Waals surface area contributed by atoms with Crippen molar-refractivity contribution in [3.05, 3.63) is 23.9 Å². The second-order valence-electron chi connectivity index (χ2n) is 10.3. The highest BCUT2D eigenvalue weighted by molar-refractivity contribution is 5.96. The Bertz CT molecular complexity index is 778. The van der Waals surface area contributed by atoms with Gasteiger partial charge < -0.3 is 14.8 Å². The minimum atomic E-state index is 0.155. The third-order valence-corrected chi connectivity index (χ3v) is 8.27. The summed E-state index contributed by atoms with van der Waals surface area (Å²) in [4.78, 5) is 34.8. The summed E-state index contributed by atoms with van der Waals surface area (Å²) in [5.41, 5.74) is 0.786. The van der Waals surface area contributed by atoms with Crippen LogP contribution in [0.15, 0.2) is 23.9 Å². The van der Waals surface area contributed by atoms with Crippen molar-refractivity contribution >= 4 is 11.8 Å². The summed E-state index contributed by atoms with van der Waals surface area (Å²) in [5, 5.41) is 4.51. The van der Waals surface area contributed by atoms with E-state index in [0.717, 1.165) is 89.9 Å². The van der Waals surface area contributed by atoms with Crippen LogP contribution in [-0.4, -0.2) is 126 Å². The van der Waals surface area contributed by atoms with E-state index >= 15 is 0 Å². The number of carbonyl (C=O) groups excluding carboxylic acids is 2. The SMILES string of the molecule is CC1CCCN1C(=O)C1=CN(N2CCN(CC(=O)N3CCN(C4CCC4)CC3)CC2)CC=C1. The summed E-state index contributed by atoms with van der Waals surface area (Å²) in [6.45, 7) is 11.7. The van der Waals surface area contributed by atoms with Crippen molar-refractivity contribution in [2.24, 2.45) is 0 Å². The number of rotatable bonds is 5. The molecule has 1 unspecified atom stereocenters. The first kappa shape index (κ1) is 22.9. The second-order valence-corrected chi connectivity index (χ2v) is 10.3. The van der Waals surface area contributed by atoms with Crippen molar-refractivity contribution in [2.75, 3.05) is 72.0 Å². The largest absolute Gasteiger partial charge is 0.339 e. The Morgan fingerprint density at radius 3 is 2.30 bits per heavy atom. The van der Waals surface area contributed by atoms with Gasteiger partial charge in [0.15, 0.2) is 0 Å². The zero-order valence-corrected chi connectivity index (χ0v) is 20.2. The van der Waals surface area contributed by atoms with Crippen molar-refractivity contribution in [3.63, 3.8) is 0 Å². The van der Waals surface area contributed by atoms with Gasteiger partial charge >= 0.3 is 0 Å². The maximum Gasteiger partial charge on any atom is 0.255 e. The van der Waals surface area contributed by atoms with Gasteiger partial charge in [-0.05, 0) is 32.6 Å². The molecule has 4 fully saturated rings. The molecular weight excluding hydrogens is 416 g/mol. The van der Waals surface area contributed by atoms with Crippen molar-refractivity contribution < 1.29 is 9.59 Å². The summed E-state index contributed by atoms with van der Waals surface area (Å²) in [7, 11) is 0. The minimum absolute atomic E-state index is 0.155. The number of hydrogen-bond acceptors (Lipinski definition) is 6. The zero-order valence-electron chi connectivity index (χ0n) is 20.2. The standard InChI is InChI=1S/C25H40N6O2/c1-21-5-3-10-31(21)25(33)22-6-4-9-30(19-22)29-17-11-26(12-18-29)20-24(32)28-15-13-27(14-16-28)23-7-2-8-23/h4,6,19,21,23H,2-3,5,7-18,20H2,1H3. The van der Waals surface area contributed by atoms with Crippen LogP contribution in [0.25, 0.3) is 0 Å². The molecule has 1 atom stereocenters. The summed E-state index contributed by atoms with van der Waals surface area (Å²) >= 11 is 0. The Labute approximate surface area is 198 Å². The van der Waals surface area contributed by atoms with Crippen LogP contribution < -0.4 is 0 Å². The molecule has 0 aromatic carbocycles. The van der Waals surface area contributed by atoms with Gasteiger partial charge in [0.25, 0.3) is 5.91 Å². The lowest BCUT2D eigenvalue weighted by Crippen LogP contribution is -2.57. The van der Waals surface area contributed by atoms with E-state index in [1.807, 2.05) is 17.2 Å². The lowest BCUT2D eigenvalue weighted by atomic mass is 9.91. The molecule has 4 aliphatic heterocycles. The number of likely N-dealkylation sites (tertiary alicyclic amines) is 1. The van der Waals surface area contributed by atoms with E-state index in [2.05, 4.69) is 37.7 Å². The smallest absolute Gasteiger partial charge is 0.255 e. The van der Waals surface area contributed by atoms with Gasteiger partial charge in [-0.3, -0.25) is 19.4 Å². The summed E-state index contributed by atoms with van der Waals surface area (Å²) in [6, 6.07) is 1.12. The predicted octanol–water partition coefficient (Wildman–Crippen LogP) is 0.982. The summed E-state index contributed by atoms with van der Waals surface area (Å²) in [5.74, 6) is 0.438. The van der Waals surface area contributed by atoms with Gasteiger partial charge in [-0.1, -0.05) is 18.6 Å². The van der Waals surface area contributed by atoms with Gasteiger partial charge in [-0.15, -0.1) is 0 Å². The molecule has 5 rings (SSSR count). The fourth-order valence-electron chi connectivity index (χ4n) is 5.80. The second kappa shape index (κ2) is 10.2. The van der Waals surface area contributed by atoms with Gasteiger partial charge in [0.1, 0.15) is 0 Å². The topological polar surface area (TPSA) is 53.6 Å². The lowest BCUT2D eigenvalue weighted by molar-refractivity contribution is -0.136. The highest BCUT2D eigenvalue weighted by Gasteiger charge is 2.31. The molecule has 4 heterocycles. The average molecular weight is 457 g/mol. The molecule has 182 valence electrons. The Balaban J connectivity index is 1.07. The number of piperazine rings is 2. The first-order valence-electron chi connectivity index (χ1n) is 13.0. The molecular formula is C25H40N6O2. The summed E-state index contributed by atoms with van der Waals surface area (Å²) < 4.78 is 0. The van der Waals surface area contributed by atoms with Crippen LogP contribution in [0.4, 0.5) is 0 Å². The molecule has 8 heteroatoms. The van der Waals surface area contributed by atoms with Crippen LogP contribution in [0.5, 0.6) is 0 Å². The van der Waals surface area contributed by atoms with Crippen LogP contribution in [0, 0.1) is 0 Å². The summed E-state index contributed by atoms with van der Waals surface area (Å²) in [6.07, 6.45) is 12.3. The van der Waals surface area contributed by atoms with E-state index in [9.17, 15) is 9.59 Å². The number of hydrazine groups is 1. The molecule has 0 aromatic rings. The van der Waals surface area contributed by atoms with Crippen LogP contribution in [-0.2, 0) is 9.59 Å². The molecule has 0 spiro atoms. The molecule has 1 aliphatic carbocycles. The Morgan fingerprint density at radius 1 is 0.909 bits per heavy atom. The first-order chi connectivity index (χ1) is 16.1. The molecule has 0 aromatic heterocycles. The molecule has 0 bridgehead atoms. The predicted molar refractivity (Wildman–Crippen MR) is 128 cm³/mol. The average Bonchev–Trinajstić information content (AvgIpc) is 3.24. The molecule has 5 aliphatic rings. The van der Waals surface area contributed by atoms with Gasteiger partial charge in [0.2, 0.25) is 5.91 Å². The number of hydrogen-bond donors (Lipinski definition) is 0. The van der Waals surface area contributed by atoms with E-state index < -0.39 is 0 Å². The lowest BCUT2D eigenvalue weighted by Gasteiger charge is -2.44. The van der Waals surface area contributed by atoms with Crippen LogP contribution in [0.3, 0.4) is 0 Å². The van der Waals surface area contributed by atoms with Crippen molar-refractivity contribution in [2.45, 2.75) is 51.1 Å². The third-order valence-electron chi connectivity index (χ3n) is 8.27. The third kappa shape index (κ3) is 5.12. The fraction of sp³-hybridized carbons (Fsp3) is 0.760. The Kier molecular flexibility index (Phi) is 7.04. The molecule has 1 saturated carbocycles. The van der Waals surface area contributed by atoms with Crippen LogP contribution >= 0.6 is 0 Å². The Morgan fingerprint density at radius 2 is 1.67 bits per heavy atom. The van der Waals surface area contributed by atoms with Crippen molar-refractivity contribution in [1.82, 2.24) is 29.6 Å². The van der Waals surface area contributed by atoms with E-state index in [-0.39, 0.29) is 11.8 Å². The van der Waals surface area contributed by atoms with E-state index in [1.165, 1.54) is 19.3 Å². The molecule has 2 amide bonds.